The Labute approximate surface area is 175 Å². The van der Waals surface area contributed by atoms with Crippen molar-refractivity contribution in [1.82, 2.24) is 14.4 Å². The molecule has 0 amide bonds. The summed E-state index contributed by atoms with van der Waals surface area (Å²) in [7, 11) is -3.76. The third-order valence-corrected chi connectivity index (χ3v) is 6.13. The Morgan fingerprint density at radius 3 is 2.67 bits per heavy atom. The van der Waals surface area contributed by atoms with Gasteiger partial charge in [0.05, 0.1) is 22.9 Å². The molecule has 30 heavy (non-hydrogen) atoms. The molecule has 0 aliphatic heterocycles. The van der Waals surface area contributed by atoms with E-state index in [1.165, 1.54) is 0 Å². The first-order valence-electron chi connectivity index (χ1n) is 9.54. The van der Waals surface area contributed by atoms with Crippen LogP contribution >= 0.6 is 0 Å². The van der Waals surface area contributed by atoms with Gasteiger partial charge in [-0.15, -0.1) is 0 Å². The Kier molecular flexibility index (Phi) is 5.17. The average Bonchev–Trinajstić information content (AvgIpc) is 3.15. The standard InChI is InChI=1S/C22H22N4O3S/c1-4-29-21-9-8-18(12-16(21)3)30(27,28)25-19-13-17(7-6-15(19)2)20-14-26-11-5-10-23-22(26)24-20/h5-14,25H,4H2,1-3H3. The third kappa shape index (κ3) is 3.86. The molecule has 0 fully saturated rings. The van der Waals surface area contributed by atoms with Gasteiger partial charge in [-0.2, -0.15) is 0 Å². The molecule has 0 aliphatic rings. The number of rotatable bonds is 6. The van der Waals surface area contributed by atoms with Crippen molar-refractivity contribution in [2.75, 3.05) is 11.3 Å². The number of nitrogens with zero attached hydrogens (tertiary/aromatic N) is 3. The van der Waals surface area contributed by atoms with Crippen LogP contribution in [0.1, 0.15) is 18.1 Å². The number of fused-ring (bicyclic) bond motifs is 1. The summed E-state index contributed by atoms with van der Waals surface area (Å²) in [5.74, 6) is 1.26. The minimum Gasteiger partial charge on any atom is -0.494 e. The van der Waals surface area contributed by atoms with Crippen molar-refractivity contribution in [2.24, 2.45) is 0 Å². The molecule has 0 aliphatic carbocycles. The highest BCUT2D eigenvalue weighted by atomic mass is 32.2. The summed E-state index contributed by atoms with van der Waals surface area (Å²) >= 11 is 0. The maximum Gasteiger partial charge on any atom is 0.261 e. The van der Waals surface area contributed by atoms with Gasteiger partial charge in [0.15, 0.2) is 0 Å². The van der Waals surface area contributed by atoms with Crippen molar-refractivity contribution in [2.45, 2.75) is 25.7 Å². The third-order valence-electron chi connectivity index (χ3n) is 4.77. The van der Waals surface area contributed by atoms with Crippen molar-refractivity contribution in [3.63, 3.8) is 0 Å². The van der Waals surface area contributed by atoms with Crippen LogP contribution in [-0.2, 0) is 10.0 Å². The Hall–Kier alpha value is -3.39. The van der Waals surface area contributed by atoms with Crippen LogP contribution in [0.3, 0.4) is 0 Å². The number of aryl methyl sites for hydroxylation is 2. The molecular weight excluding hydrogens is 400 g/mol. The molecule has 4 rings (SSSR count). The van der Waals surface area contributed by atoms with Crippen molar-refractivity contribution in [1.29, 1.82) is 0 Å². The minimum atomic E-state index is -3.76. The number of hydrogen-bond donors (Lipinski definition) is 1. The summed E-state index contributed by atoms with van der Waals surface area (Å²) in [5, 5.41) is 0. The summed E-state index contributed by atoms with van der Waals surface area (Å²) < 4.78 is 36.0. The van der Waals surface area contributed by atoms with Crippen molar-refractivity contribution < 1.29 is 13.2 Å². The quantitative estimate of drug-likeness (QED) is 0.503. The Balaban J connectivity index is 1.67. The molecule has 0 unspecified atom stereocenters. The normalized spacial score (nSPS) is 11.6. The molecule has 8 heteroatoms. The number of sulfonamides is 1. The van der Waals surface area contributed by atoms with Gasteiger partial charge in [0, 0.05) is 24.2 Å². The second-order valence-corrected chi connectivity index (χ2v) is 8.63. The number of ether oxygens (including phenoxy) is 1. The monoisotopic (exact) mass is 422 g/mol. The van der Waals surface area contributed by atoms with Crippen LogP contribution in [0.5, 0.6) is 5.75 Å². The van der Waals surface area contributed by atoms with Gasteiger partial charge in [0.1, 0.15) is 5.75 Å². The van der Waals surface area contributed by atoms with E-state index in [2.05, 4.69) is 14.7 Å². The summed E-state index contributed by atoms with van der Waals surface area (Å²) in [6.07, 6.45) is 5.41. The lowest BCUT2D eigenvalue weighted by atomic mass is 10.1. The average molecular weight is 423 g/mol. The lowest BCUT2D eigenvalue weighted by molar-refractivity contribution is 0.337. The van der Waals surface area contributed by atoms with E-state index >= 15 is 0 Å². The lowest BCUT2D eigenvalue weighted by Crippen LogP contribution is -2.14. The molecule has 4 aromatic rings. The van der Waals surface area contributed by atoms with E-state index in [1.807, 2.05) is 55.8 Å². The molecule has 0 saturated carbocycles. The molecule has 0 radical (unpaired) electrons. The number of imidazole rings is 1. The van der Waals surface area contributed by atoms with Crippen molar-refractivity contribution in [3.8, 4) is 17.0 Å². The molecule has 0 atom stereocenters. The molecule has 154 valence electrons. The minimum absolute atomic E-state index is 0.185. The zero-order valence-electron chi connectivity index (χ0n) is 17.0. The van der Waals surface area contributed by atoms with E-state index in [1.54, 1.807) is 30.5 Å². The van der Waals surface area contributed by atoms with Gasteiger partial charge in [-0.3, -0.25) is 9.12 Å². The zero-order valence-corrected chi connectivity index (χ0v) is 17.8. The number of aromatic nitrogens is 3. The molecule has 2 aromatic heterocycles. The Morgan fingerprint density at radius 1 is 1.10 bits per heavy atom. The molecular formula is C22H22N4O3S. The van der Waals surface area contributed by atoms with Crippen LogP contribution in [0.15, 0.2) is 66.0 Å². The van der Waals surface area contributed by atoms with Crippen molar-refractivity contribution >= 4 is 21.5 Å². The molecule has 0 saturated heterocycles. The SMILES string of the molecule is CCOc1ccc(S(=O)(=O)Nc2cc(-c3cn4cccnc4n3)ccc2C)cc1C. The van der Waals surface area contributed by atoms with Crippen LogP contribution < -0.4 is 9.46 Å². The number of nitrogens with one attached hydrogen (secondary N) is 1. The fourth-order valence-corrected chi connectivity index (χ4v) is 4.38. The van der Waals surface area contributed by atoms with E-state index in [0.717, 1.165) is 16.7 Å². The highest BCUT2D eigenvalue weighted by Gasteiger charge is 2.18. The second kappa shape index (κ2) is 7.79. The zero-order chi connectivity index (χ0) is 21.3. The summed E-state index contributed by atoms with van der Waals surface area (Å²) in [6, 6.07) is 12.2. The summed E-state index contributed by atoms with van der Waals surface area (Å²) in [6.45, 7) is 6.10. The topological polar surface area (TPSA) is 85.6 Å². The van der Waals surface area contributed by atoms with E-state index in [0.29, 0.717) is 29.5 Å². The van der Waals surface area contributed by atoms with E-state index in [-0.39, 0.29) is 4.90 Å². The van der Waals surface area contributed by atoms with E-state index < -0.39 is 10.0 Å². The molecule has 7 nitrogen and oxygen atoms in total. The van der Waals surface area contributed by atoms with Gasteiger partial charge in [0.25, 0.3) is 10.0 Å². The fourth-order valence-electron chi connectivity index (χ4n) is 3.17. The first-order valence-corrected chi connectivity index (χ1v) is 11.0. The highest BCUT2D eigenvalue weighted by molar-refractivity contribution is 7.92. The number of benzene rings is 2. The van der Waals surface area contributed by atoms with Gasteiger partial charge in [-0.05, 0) is 62.2 Å². The molecule has 0 spiro atoms. The highest BCUT2D eigenvalue weighted by Crippen LogP contribution is 2.28. The number of anilines is 1. The van der Waals surface area contributed by atoms with Crippen LogP contribution in [0.2, 0.25) is 0 Å². The van der Waals surface area contributed by atoms with Crippen molar-refractivity contribution in [3.05, 3.63) is 72.2 Å². The summed E-state index contributed by atoms with van der Waals surface area (Å²) in [4.78, 5) is 8.92. The Bertz CT molecular complexity index is 1300. The van der Waals surface area contributed by atoms with Gasteiger partial charge in [-0.25, -0.2) is 18.4 Å². The first-order chi connectivity index (χ1) is 14.4. The van der Waals surface area contributed by atoms with Crippen LogP contribution in [0.4, 0.5) is 5.69 Å². The first kappa shape index (κ1) is 19.9. The van der Waals surface area contributed by atoms with Gasteiger partial charge >= 0.3 is 0 Å². The van der Waals surface area contributed by atoms with Crippen LogP contribution in [0, 0.1) is 13.8 Å². The van der Waals surface area contributed by atoms with Gasteiger partial charge in [0.2, 0.25) is 5.78 Å². The van der Waals surface area contributed by atoms with Crippen LogP contribution in [0.25, 0.3) is 17.0 Å². The van der Waals surface area contributed by atoms with Gasteiger partial charge in [-0.1, -0.05) is 12.1 Å². The molecule has 2 aromatic carbocycles. The molecule has 0 bridgehead atoms. The Morgan fingerprint density at radius 2 is 1.93 bits per heavy atom. The largest absolute Gasteiger partial charge is 0.494 e. The maximum atomic E-state index is 13.0. The molecule has 2 heterocycles. The second-order valence-electron chi connectivity index (χ2n) is 6.95. The van der Waals surface area contributed by atoms with E-state index in [9.17, 15) is 8.42 Å². The van der Waals surface area contributed by atoms with Gasteiger partial charge < -0.3 is 4.74 Å². The predicted molar refractivity (Wildman–Crippen MR) is 116 cm³/mol. The maximum absolute atomic E-state index is 13.0. The fraction of sp³-hybridized carbons (Fsp3) is 0.182. The van der Waals surface area contributed by atoms with Crippen LogP contribution in [-0.4, -0.2) is 29.4 Å². The number of hydrogen-bond acceptors (Lipinski definition) is 5. The molecule has 1 N–H and O–H groups in total. The lowest BCUT2D eigenvalue weighted by Gasteiger charge is -2.13. The predicted octanol–water partition coefficient (Wildman–Crippen LogP) is 4.21. The van der Waals surface area contributed by atoms with E-state index in [4.69, 9.17) is 4.74 Å². The smallest absolute Gasteiger partial charge is 0.261 e. The summed E-state index contributed by atoms with van der Waals surface area (Å²) in [5.41, 5.74) is 3.59.